The smallest absolute Gasteiger partial charge is 0.372 e. The van der Waals surface area contributed by atoms with Crippen LogP contribution in [0.25, 0.3) is 4.96 Å². The largest absolute Gasteiger partial charge is 0.377 e. The van der Waals surface area contributed by atoms with Crippen molar-refractivity contribution in [1.29, 1.82) is 0 Å². The maximum Gasteiger partial charge on any atom is 0.372 e. The van der Waals surface area contributed by atoms with Crippen LogP contribution in [0.15, 0.2) is 11.6 Å². The van der Waals surface area contributed by atoms with E-state index in [4.69, 9.17) is 4.74 Å². The van der Waals surface area contributed by atoms with Gasteiger partial charge in [-0.05, 0) is 18.8 Å². The fourth-order valence-electron chi connectivity index (χ4n) is 1.65. The Labute approximate surface area is 108 Å². The molecule has 0 saturated heterocycles. The highest BCUT2D eigenvalue weighted by Crippen LogP contribution is 2.27. The van der Waals surface area contributed by atoms with Gasteiger partial charge in [0, 0.05) is 18.5 Å². The molecule has 1 N–H and O–H groups in total. The molecule has 1 atom stereocenters. The number of ether oxygens (including phenoxy) is 1. The summed E-state index contributed by atoms with van der Waals surface area (Å²) in [5.41, 5.74) is 0. The lowest BCUT2D eigenvalue weighted by Gasteiger charge is -2.11. The van der Waals surface area contributed by atoms with Gasteiger partial charge >= 0.3 is 5.82 Å². The lowest BCUT2D eigenvalue weighted by Crippen LogP contribution is -2.20. The molecule has 2 aromatic rings. The van der Waals surface area contributed by atoms with E-state index in [-0.39, 0.29) is 11.9 Å². The van der Waals surface area contributed by atoms with Gasteiger partial charge < -0.3 is 20.2 Å². The average Bonchev–Trinajstić information content (AvgIpc) is 2.85. The first kappa shape index (κ1) is 12.8. The first-order valence-electron chi connectivity index (χ1n) is 5.59. The van der Waals surface area contributed by atoms with E-state index in [1.807, 2.05) is 13.8 Å². The molecule has 1 unspecified atom stereocenters. The second kappa shape index (κ2) is 5.32. The van der Waals surface area contributed by atoms with Crippen LogP contribution in [0.1, 0.15) is 13.8 Å². The molecule has 0 aliphatic rings. The number of nitrogens with zero attached hydrogens (tertiary/aromatic N) is 3. The molecule has 2 aromatic heterocycles. The summed E-state index contributed by atoms with van der Waals surface area (Å²) in [7, 11) is 0. The number of anilines is 1. The number of thiazole rings is 1. The minimum Gasteiger partial charge on any atom is -0.377 e. The minimum atomic E-state index is -0.430. The molecule has 0 bridgehead atoms. The van der Waals surface area contributed by atoms with Crippen LogP contribution in [-0.4, -0.2) is 33.6 Å². The predicted molar refractivity (Wildman–Crippen MR) is 69.3 cm³/mol. The summed E-state index contributed by atoms with van der Waals surface area (Å²) >= 11 is 1.36. The molecule has 0 aromatic carbocycles. The minimum absolute atomic E-state index is 0.0191. The Morgan fingerprint density at radius 2 is 2.50 bits per heavy atom. The van der Waals surface area contributed by atoms with Gasteiger partial charge in [-0.15, -0.1) is 0 Å². The second-order valence-corrected chi connectivity index (χ2v) is 4.62. The van der Waals surface area contributed by atoms with E-state index in [0.29, 0.717) is 23.9 Å². The van der Waals surface area contributed by atoms with E-state index in [9.17, 15) is 10.1 Å². The molecule has 8 heteroatoms. The Morgan fingerprint density at radius 3 is 3.17 bits per heavy atom. The zero-order valence-electron chi connectivity index (χ0n) is 10.1. The second-order valence-electron chi connectivity index (χ2n) is 3.74. The first-order chi connectivity index (χ1) is 8.63. The van der Waals surface area contributed by atoms with E-state index >= 15 is 0 Å². The summed E-state index contributed by atoms with van der Waals surface area (Å²) in [4.78, 5) is 15.4. The molecule has 0 radical (unpaired) electrons. The summed E-state index contributed by atoms with van der Waals surface area (Å²) in [6.07, 6.45) is 1.62. The Bertz CT molecular complexity index is 550. The third-order valence-corrected chi connectivity index (χ3v) is 3.17. The summed E-state index contributed by atoms with van der Waals surface area (Å²) in [6.45, 7) is 4.91. The average molecular weight is 270 g/mol. The number of hydrogen-bond donors (Lipinski definition) is 1. The Morgan fingerprint density at radius 1 is 1.72 bits per heavy atom. The highest BCUT2D eigenvalue weighted by molar-refractivity contribution is 7.15. The van der Waals surface area contributed by atoms with Gasteiger partial charge in [0.25, 0.3) is 4.96 Å². The Balaban J connectivity index is 2.19. The van der Waals surface area contributed by atoms with Crippen LogP contribution in [0.2, 0.25) is 0 Å². The number of rotatable bonds is 6. The van der Waals surface area contributed by atoms with Gasteiger partial charge in [0.15, 0.2) is 0 Å². The lowest BCUT2D eigenvalue weighted by atomic mass is 10.4. The van der Waals surface area contributed by atoms with Crippen LogP contribution in [0, 0.1) is 10.1 Å². The van der Waals surface area contributed by atoms with Crippen molar-refractivity contribution in [2.75, 3.05) is 18.5 Å². The SMILES string of the molecule is CCOC(C)CNc1nc2sccn2c1[N+](=O)[O-]. The van der Waals surface area contributed by atoms with Crippen molar-refractivity contribution in [2.45, 2.75) is 20.0 Å². The summed E-state index contributed by atoms with van der Waals surface area (Å²) < 4.78 is 6.83. The third-order valence-electron chi connectivity index (χ3n) is 2.42. The molecule has 0 aliphatic carbocycles. The van der Waals surface area contributed by atoms with Gasteiger partial charge in [0.2, 0.25) is 5.82 Å². The van der Waals surface area contributed by atoms with Crippen LogP contribution in [0.5, 0.6) is 0 Å². The molecule has 2 rings (SSSR count). The fourth-order valence-corrected chi connectivity index (χ4v) is 2.36. The topological polar surface area (TPSA) is 81.7 Å². The van der Waals surface area contributed by atoms with Gasteiger partial charge in [0.1, 0.15) is 6.20 Å². The zero-order chi connectivity index (χ0) is 13.1. The van der Waals surface area contributed by atoms with Crippen molar-refractivity contribution in [3.8, 4) is 0 Å². The number of aromatic nitrogens is 2. The van der Waals surface area contributed by atoms with Crippen LogP contribution >= 0.6 is 11.3 Å². The maximum atomic E-state index is 11.0. The molecule has 0 spiro atoms. The van der Waals surface area contributed by atoms with Gasteiger partial charge in [0.05, 0.1) is 6.10 Å². The van der Waals surface area contributed by atoms with Crippen molar-refractivity contribution in [3.05, 3.63) is 21.7 Å². The monoisotopic (exact) mass is 270 g/mol. The zero-order valence-corrected chi connectivity index (χ0v) is 10.9. The van der Waals surface area contributed by atoms with Gasteiger partial charge in [-0.1, -0.05) is 11.3 Å². The number of nitro groups is 1. The van der Waals surface area contributed by atoms with Crippen LogP contribution in [0.3, 0.4) is 0 Å². The van der Waals surface area contributed by atoms with E-state index in [1.54, 1.807) is 11.6 Å². The number of imidazole rings is 1. The summed E-state index contributed by atoms with van der Waals surface area (Å²) in [5.74, 6) is 0.258. The number of hydrogen-bond acceptors (Lipinski definition) is 6. The normalized spacial score (nSPS) is 12.8. The molecule has 7 nitrogen and oxygen atoms in total. The Kier molecular flexibility index (Phi) is 3.78. The highest BCUT2D eigenvalue weighted by atomic mass is 32.1. The summed E-state index contributed by atoms with van der Waals surface area (Å²) in [5, 5.41) is 15.8. The quantitative estimate of drug-likeness (QED) is 0.642. The van der Waals surface area contributed by atoms with E-state index in [0.717, 1.165) is 0 Å². The van der Waals surface area contributed by atoms with Gasteiger partial charge in [-0.3, -0.25) is 0 Å². The Hall–Kier alpha value is -1.67. The highest BCUT2D eigenvalue weighted by Gasteiger charge is 2.23. The van der Waals surface area contributed by atoms with Crippen LogP contribution in [-0.2, 0) is 4.74 Å². The number of nitrogens with one attached hydrogen (secondary N) is 1. The molecule has 0 fully saturated rings. The van der Waals surface area contributed by atoms with Crippen LogP contribution < -0.4 is 5.32 Å². The first-order valence-corrected chi connectivity index (χ1v) is 6.46. The third kappa shape index (κ3) is 2.44. The molecule has 98 valence electrons. The molecule has 18 heavy (non-hydrogen) atoms. The van der Waals surface area contributed by atoms with Crippen molar-refractivity contribution in [2.24, 2.45) is 0 Å². The molecule has 0 saturated carbocycles. The fraction of sp³-hybridized carbons (Fsp3) is 0.500. The van der Waals surface area contributed by atoms with Crippen molar-refractivity contribution >= 4 is 27.9 Å². The standard InChI is InChI=1S/C10H14N4O3S/c1-3-17-7(2)6-11-8-9(14(15)16)13-4-5-18-10(13)12-8/h4-5,7,11H,3,6H2,1-2H3. The maximum absolute atomic E-state index is 11.0. The van der Waals surface area contributed by atoms with E-state index in [2.05, 4.69) is 10.3 Å². The van der Waals surface area contributed by atoms with Crippen molar-refractivity contribution in [1.82, 2.24) is 9.38 Å². The van der Waals surface area contributed by atoms with E-state index < -0.39 is 4.92 Å². The molecule has 0 aliphatic heterocycles. The van der Waals surface area contributed by atoms with Crippen LogP contribution in [0.4, 0.5) is 11.6 Å². The predicted octanol–water partition coefficient (Wildman–Crippen LogP) is 2.14. The molecule has 2 heterocycles. The van der Waals surface area contributed by atoms with Gasteiger partial charge in [-0.25, -0.2) is 0 Å². The van der Waals surface area contributed by atoms with Gasteiger partial charge in [-0.2, -0.15) is 9.38 Å². The molecular weight excluding hydrogens is 256 g/mol. The summed E-state index contributed by atoms with van der Waals surface area (Å²) in [6, 6.07) is 0. The molecule has 0 amide bonds. The lowest BCUT2D eigenvalue weighted by molar-refractivity contribution is -0.389. The number of fused-ring (bicyclic) bond motifs is 1. The van der Waals surface area contributed by atoms with Crippen molar-refractivity contribution < 1.29 is 9.66 Å². The molecular formula is C10H14N4O3S. The van der Waals surface area contributed by atoms with Crippen molar-refractivity contribution in [3.63, 3.8) is 0 Å². The van der Waals surface area contributed by atoms with E-state index in [1.165, 1.54) is 15.7 Å².